The van der Waals surface area contributed by atoms with Crippen LogP contribution in [0.3, 0.4) is 0 Å². The first-order valence-electron chi connectivity index (χ1n) is 6.72. The Morgan fingerprint density at radius 3 is 2.75 bits per heavy atom. The molecule has 0 aliphatic rings. The fourth-order valence-electron chi connectivity index (χ4n) is 2.60. The molecule has 0 radical (unpaired) electrons. The normalized spacial score (nSPS) is 11.8. The number of aromatic hydroxyl groups is 1. The van der Waals surface area contributed by atoms with Crippen LogP contribution in [0.2, 0.25) is 0 Å². The summed E-state index contributed by atoms with van der Waals surface area (Å²) in [6, 6.07) is 5.17. The number of rotatable bonds is 2. The predicted molar refractivity (Wildman–Crippen MR) is 80.7 cm³/mol. The van der Waals surface area contributed by atoms with Crippen molar-refractivity contribution < 1.29 is 5.11 Å². The average molecular weight is 270 g/mol. The van der Waals surface area contributed by atoms with Gasteiger partial charge in [0.15, 0.2) is 5.82 Å². The number of hydrogen-bond donors (Lipinski definition) is 2. The van der Waals surface area contributed by atoms with Crippen LogP contribution in [0.15, 0.2) is 18.2 Å². The summed E-state index contributed by atoms with van der Waals surface area (Å²) in [6.07, 6.45) is 0. The highest BCUT2D eigenvalue weighted by Gasteiger charge is 2.16. The molecule has 0 saturated heterocycles. The van der Waals surface area contributed by atoms with E-state index in [2.05, 4.69) is 28.4 Å². The minimum Gasteiger partial charge on any atom is -0.508 e. The Bertz CT molecular complexity index is 805. The highest BCUT2D eigenvalue weighted by molar-refractivity contribution is 6.06. The lowest BCUT2D eigenvalue weighted by molar-refractivity contribution is 0.476. The van der Waals surface area contributed by atoms with Gasteiger partial charge in [0.1, 0.15) is 17.1 Å². The van der Waals surface area contributed by atoms with Crippen LogP contribution in [0, 0.1) is 12.8 Å². The van der Waals surface area contributed by atoms with Crippen molar-refractivity contribution in [1.29, 1.82) is 0 Å². The van der Waals surface area contributed by atoms with Crippen molar-refractivity contribution in [3.8, 4) is 5.75 Å². The molecule has 0 spiro atoms. The SMILES string of the molecule is Cc1nc2c(N)nc3cc(O)ccc3c2n1CC(C)C. The number of nitrogens with two attached hydrogens (primary N) is 1. The zero-order chi connectivity index (χ0) is 14.4. The summed E-state index contributed by atoms with van der Waals surface area (Å²) in [6.45, 7) is 7.20. The molecule has 2 aromatic heterocycles. The number of imidazole rings is 1. The lowest BCUT2D eigenvalue weighted by Crippen LogP contribution is -2.06. The lowest BCUT2D eigenvalue weighted by Gasteiger charge is -2.11. The Kier molecular flexibility index (Phi) is 2.78. The molecule has 0 atom stereocenters. The Morgan fingerprint density at radius 1 is 1.30 bits per heavy atom. The van der Waals surface area contributed by atoms with E-state index in [0.717, 1.165) is 28.8 Å². The molecule has 0 saturated carbocycles. The third-order valence-corrected chi connectivity index (χ3v) is 3.43. The second-order valence-corrected chi connectivity index (χ2v) is 5.56. The quantitative estimate of drug-likeness (QED) is 0.750. The van der Waals surface area contributed by atoms with Gasteiger partial charge in [-0.25, -0.2) is 9.97 Å². The number of aromatic nitrogens is 3. The number of fused-ring (bicyclic) bond motifs is 3. The summed E-state index contributed by atoms with van der Waals surface area (Å²) < 4.78 is 2.18. The minimum atomic E-state index is 0.190. The monoisotopic (exact) mass is 270 g/mol. The first-order chi connectivity index (χ1) is 9.47. The molecule has 0 fully saturated rings. The molecule has 3 rings (SSSR count). The van der Waals surface area contributed by atoms with E-state index in [0.29, 0.717) is 17.3 Å². The highest BCUT2D eigenvalue weighted by Crippen LogP contribution is 2.30. The Morgan fingerprint density at radius 2 is 2.05 bits per heavy atom. The molecule has 3 N–H and O–H groups in total. The maximum atomic E-state index is 9.61. The summed E-state index contributed by atoms with van der Waals surface area (Å²) in [4.78, 5) is 8.89. The van der Waals surface area contributed by atoms with E-state index in [9.17, 15) is 5.11 Å². The Balaban J connectivity index is 2.45. The molecule has 20 heavy (non-hydrogen) atoms. The minimum absolute atomic E-state index is 0.190. The van der Waals surface area contributed by atoms with Gasteiger partial charge in [-0.1, -0.05) is 13.8 Å². The molecule has 0 unspecified atom stereocenters. The maximum Gasteiger partial charge on any atom is 0.152 e. The number of phenols is 1. The summed E-state index contributed by atoms with van der Waals surface area (Å²) in [5.74, 6) is 2.04. The van der Waals surface area contributed by atoms with Crippen LogP contribution in [-0.4, -0.2) is 19.6 Å². The van der Waals surface area contributed by atoms with Gasteiger partial charge in [-0.3, -0.25) is 0 Å². The van der Waals surface area contributed by atoms with Crippen LogP contribution in [0.4, 0.5) is 5.82 Å². The van der Waals surface area contributed by atoms with E-state index in [1.54, 1.807) is 12.1 Å². The number of anilines is 1. The van der Waals surface area contributed by atoms with Crippen molar-refractivity contribution in [2.24, 2.45) is 5.92 Å². The summed E-state index contributed by atoms with van der Waals surface area (Å²) in [5.41, 5.74) is 8.45. The molecule has 0 aliphatic carbocycles. The lowest BCUT2D eigenvalue weighted by atomic mass is 10.1. The van der Waals surface area contributed by atoms with Crippen molar-refractivity contribution in [2.75, 3.05) is 5.73 Å². The van der Waals surface area contributed by atoms with Crippen LogP contribution in [-0.2, 0) is 6.54 Å². The van der Waals surface area contributed by atoms with Crippen molar-refractivity contribution in [1.82, 2.24) is 14.5 Å². The van der Waals surface area contributed by atoms with Gasteiger partial charge in [0, 0.05) is 18.0 Å². The highest BCUT2D eigenvalue weighted by atomic mass is 16.3. The van der Waals surface area contributed by atoms with E-state index < -0.39 is 0 Å². The van der Waals surface area contributed by atoms with E-state index in [-0.39, 0.29) is 5.75 Å². The van der Waals surface area contributed by atoms with Crippen molar-refractivity contribution in [3.63, 3.8) is 0 Å². The standard InChI is InChI=1S/C15H18N4O/c1-8(2)7-19-9(3)17-13-14(19)11-5-4-10(20)6-12(11)18-15(13)16/h4-6,8,20H,7H2,1-3H3,(H2,16,18). The molecule has 5 heteroatoms. The van der Waals surface area contributed by atoms with E-state index in [1.807, 2.05) is 13.0 Å². The number of nitrogen functional groups attached to an aromatic ring is 1. The number of nitrogens with zero attached hydrogens (tertiary/aromatic N) is 3. The predicted octanol–water partition coefficient (Wildman–Crippen LogP) is 2.84. The second-order valence-electron chi connectivity index (χ2n) is 5.56. The molecule has 0 amide bonds. The fourth-order valence-corrected chi connectivity index (χ4v) is 2.60. The van der Waals surface area contributed by atoms with Gasteiger partial charge in [0.2, 0.25) is 0 Å². The molecular formula is C15H18N4O. The molecule has 2 heterocycles. The van der Waals surface area contributed by atoms with Gasteiger partial charge in [-0.15, -0.1) is 0 Å². The van der Waals surface area contributed by atoms with Crippen LogP contribution < -0.4 is 5.73 Å². The maximum absolute atomic E-state index is 9.61. The summed E-state index contributed by atoms with van der Waals surface area (Å²) >= 11 is 0. The van der Waals surface area contributed by atoms with Gasteiger partial charge in [-0.2, -0.15) is 0 Å². The number of pyridine rings is 1. The molecule has 1 aromatic carbocycles. The van der Waals surface area contributed by atoms with Crippen molar-refractivity contribution in [2.45, 2.75) is 27.3 Å². The number of benzene rings is 1. The van der Waals surface area contributed by atoms with Crippen LogP contribution in [0.5, 0.6) is 5.75 Å². The van der Waals surface area contributed by atoms with Gasteiger partial charge in [0.05, 0.1) is 11.0 Å². The first kappa shape index (κ1) is 12.7. The average Bonchev–Trinajstić information content (AvgIpc) is 2.67. The molecular weight excluding hydrogens is 252 g/mol. The molecule has 0 aliphatic heterocycles. The van der Waals surface area contributed by atoms with Gasteiger partial charge < -0.3 is 15.4 Å². The summed E-state index contributed by atoms with van der Waals surface area (Å²) in [7, 11) is 0. The fraction of sp³-hybridized carbons (Fsp3) is 0.333. The Hall–Kier alpha value is -2.30. The van der Waals surface area contributed by atoms with Crippen LogP contribution in [0.25, 0.3) is 21.9 Å². The number of hydrogen-bond acceptors (Lipinski definition) is 4. The van der Waals surface area contributed by atoms with Crippen molar-refractivity contribution in [3.05, 3.63) is 24.0 Å². The third kappa shape index (κ3) is 1.86. The first-order valence-corrected chi connectivity index (χ1v) is 6.72. The van der Waals surface area contributed by atoms with E-state index in [4.69, 9.17) is 5.73 Å². The van der Waals surface area contributed by atoms with E-state index >= 15 is 0 Å². The summed E-state index contributed by atoms with van der Waals surface area (Å²) in [5, 5.41) is 10.6. The van der Waals surface area contributed by atoms with Gasteiger partial charge in [-0.05, 0) is 25.0 Å². The van der Waals surface area contributed by atoms with Crippen LogP contribution >= 0.6 is 0 Å². The largest absolute Gasteiger partial charge is 0.508 e. The van der Waals surface area contributed by atoms with Gasteiger partial charge >= 0.3 is 0 Å². The molecule has 3 aromatic rings. The zero-order valence-electron chi connectivity index (χ0n) is 11.9. The molecule has 104 valence electrons. The topological polar surface area (TPSA) is 77.0 Å². The second kappa shape index (κ2) is 4.37. The zero-order valence-corrected chi connectivity index (χ0v) is 11.9. The van der Waals surface area contributed by atoms with Crippen LogP contribution in [0.1, 0.15) is 19.7 Å². The smallest absolute Gasteiger partial charge is 0.152 e. The van der Waals surface area contributed by atoms with E-state index in [1.165, 1.54) is 0 Å². The van der Waals surface area contributed by atoms with Gasteiger partial charge in [0.25, 0.3) is 0 Å². The number of phenolic OH excluding ortho intramolecular Hbond substituents is 1. The molecule has 5 nitrogen and oxygen atoms in total. The third-order valence-electron chi connectivity index (χ3n) is 3.43. The molecule has 0 bridgehead atoms. The van der Waals surface area contributed by atoms with Crippen molar-refractivity contribution >= 4 is 27.8 Å². The number of aryl methyl sites for hydroxylation is 1. The Labute approximate surface area is 117 Å².